The molecular weight excluding hydrogens is 833 g/mol. The topological polar surface area (TPSA) is 141 Å². The summed E-state index contributed by atoms with van der Waals surface area (Å²) in [5, 5.41) is 30.8. The molecule has 362 valence electrons. The van der Waals surface area contributed by atoms with E-state index < -0.39 is 18.2 Å². The molecule has 2 aromatic rings. The van der Waals surface area contributed by atoms with Gasteiger partial charge in [0, 0.05) is 18.9 Å². The van der Waals surface area contributed by atoms with Crippen molar-refractivity contribution >= 4 is 24.1 Å². The van der Waals surface area contributed by atoms with Crippen LogP contribution in [0.3, 0.4) is 0 Å². The number of phenolic OH excluding ortho intramolecular Hbond substituents is 1. The minimum absolute atomic E-state index is 0.0237. The largest absolute Gasteiger partial charge is 0.504 e. The molecular formula is C56H78O10. The van der Waals surface area contributed by atoms with Crippen LogP contribution in [0.4, 0.5) is 0 Å². The summed E-state index contributed by atoms with van der Waals surface area (Å²) in [4.78, 5) is 26.5. The lowest BCUT2D eigenvalue weighted by Gasteiger charge is -2.64. The normalized spacial score (nSPS) is 33.2. The van der Waals surface area contributed by atoms with Gasteiger partial charge in [-0.2, -0.15) is 0 Å². The maximum absolute atomic E-state index is 13.4. The number of allylic oxidation sites excluding steroid dienone is 2. The van der Waals surface area contributed by atoms with Crippen LogP contribution in [-0.4, -0.2) is 73.0 Å². The highest BCUT2D eigenvalue weighted by Crippen LogP contribution is 2.70. The third-order valence-corrected chi connectivity index (χ3v) is 18.0. The number of methoxy groups -OCH3 is 3. The predicted molar refractivity (Wildman–Crippen MR) is 258 cm³/mol. The number of rotatable bonds is 14. The van der Waals surface area contributed by atoms with Crippen molar-refractivity contribution in [3.63, 3.8) is 0 Å². The third-order valence-electron chi connectivity index (χ3n) is 18.0. The number of hydrogen-bond donors (Lipinski definition) is 3. The molecule has 0 saturated heterocycles. The van der Waals surface area contributed by atoms with Crippen LogP contribution in [-0.2, 0) is 19.1 Å². The minimum atomic E-state index is -0.944. The van der Waals surface area contributed by atoms with Crippen molar-refractivity contribution in [2.45, 2.75) is 156 Å². The first-order chi connectivity index (χ1) is 31.2. The molecule has 0 aliphatic heterocycles. The number of ether oxygens (including phenoxy) is 5. The summed E-state index contributed by atoms with van der Waals surface area (Å²) in [5.74, 6) is 2.24. The van der Waals surface area contributed by atoms with Gasteiger partial charge in [-0.25, -0.2) is 0 Å². The van der Waals surface area contributed by atoms with E-state index in [1.807, 2.05) is 7.11 Å². The Labute approximate surface area is 394 Å². The molecule has 66 heavy (non-hydrogen) atoms. The third kappa shape index (κ3) is 9.75. The molecule has 0 aromatic heterocycles. The maximum atomic E-state index is 13.4. The Morgan fingerprint density at radius 2 is 1.29 bits per heavy atom. The molecule has 0 bridgehead atoms. The summed E-state index contributed by atoms with van der Waals surface area (Å²) in [6, 6.07) is 9.87. The van der Waals surface area contributed by atoms with Gasteiger partial charge in [0.25, 0.3) is 0 Å². The van der Waals surface area contributed by atoms with E-state index in [0.717, 1.165) is 31.2 Å². The van der Waals surface area contributed by atoms with Gasteiger partial charge in [-0.05, 0) is 145 Å². The summed E-state index contributed by atoms with van der Waals surface area (Å²) in [6.45, 7) is 17.4. The number of esters is 2. The van der Waals surface area contributed by atoms with Crippen LogP contribution < -0.4 is 14.2 Å². The zero-order valence-corrected chi connectivity index (χ0v) is 41.4. The highest BCUT2D eigenvalue weighted by Gasteiger charge is 2.63. The lowest BCUT2D eigenvalue weighted by Crippen LogP contribution is -2.58. The summed E-state index contributed by atoms with van der Waals surface area (Å²) in [5.41, 5.74) is 3.82. The quantitative estimate of drug-likeness (QED) is 0.0953. The van der Waals surface area contributed by atoms with Gasteiger partial charge < -0.3 is 39.0 Å². The van der Waals surface area contributed by atoms with Crippen molar-refractivity contribution in [3.05, 3.63) is 71.3 Å². The number of phenols is 1. The Morgan fingerprint density at radius 1 is 0.682 bits per heavy atom. The van der Waals surface area contributed by atoms with Crippen LogP contribution in [0, 0.1) is 50.7 Å². The predicted octanol–water partition coefficient (Wildman–Crippen LogP) is 11.3. The van der Waals surface area contributed by atoms with Gasteiger partial charge in [0.1, 0.15) is 6.10 Å². The molecule has 10 nitrogen and oxygen atoms in total. The highest BCUT2D eigenvalue weighted by atomic mass is 16.6. The molecule has 10 heteroatoms. The molecule has 4 fully saturated rings. The number of hydrogen-bond acceptors (Lipinski definition) is 10. The van der Waals surface area contributed by atoms with Crippen LogP contribution >= 0.6 is 0 Å². The molecule has 2 aromatic carbocycles. The Kier molecular flexibility index (Phi) is 14.7. The number of carbonyl (C=O) groups is 2. The van der Waals surface area contributed by atoms with Crippen LogP contribution in [0.5, 0.6) is 23.0 Å². The van der Waals surface area contributed by atoms with E-state index in [9.17, 15) is 24.9 Å². The fourth-order valence-corrected chi connectivity index (χ4v) is 14.7. The first-order valence-corrected chi connectivity index (χ1v) is 24.6. The summed E-state index contributed by atoms with van der Waals surface area (Å²) < 4.78 is 28.7. The summed E-state index contributed by atoms with van der Waals surface area (Å²) >= 11 is 0. The molecule has 0 heterocycles. The van der Waals surface area contributed by atoms with E-state index in [1.54, 1.807) is 60.2 Å². The Morgan fingerprint density at radius 3 is 1.95 bits per heavy atom. The lowest BCUT2D eigenvalue weighted by molar-refractivity contribution is -0.178. The van der Waals surface area contributed by atoms with Crippen LogP contribution in [0.2, 0.25) is 0 Å². The van der Waals surface area contributed by atoms with E-state index in [0.29, 0.717) is 57.7 Å². The fourth-order valence-electron chi connectivity index (χ4n) is 14.7. The second-order valence-corrected chi connectivity index (χ2v) is 22.5. The average molecular weight is 911 g/mol. The van der Waals surface area contributed by atoms with Crippen molar-refractivity contribution in [2.24, 2.45) is 50.7 Å². The zero-order chi connectivity index (χ0) is 47.8. The van der Waals surface area contributed by atoms with Crippen LogP contribution in [0.25, 0.3) is 12.2 Å². The van der Waals surface area contributed by atoms with Gasteiger partial charge in [0.05, 0.1) is 45.4 Å². The Balaban J connectivity index is 0.908. The molecule has 0 spiro atoms. The molecule has 2 unspecified atom stereocenters. The van der Waals surface area contributed by atoms with Gasteiger partial charge in [-0.1, -0.05) is 96.6 Å². The number of aliphatic hydroxyl groups excluding tert-OH is 2. The van der Waals surface area contributed by atoms with Gasteiger partial charge in [0.15, 0.2) is 23.0 Å². The molecule has 5 aliphatic rings. The van der Waals surface area contributed by atoms with Crippen molar-refractivity contribution in [1.29, 1.82) is 0 Å². The smallest absolute Gasteiger partial charge is 0.311 e. The molecule has 0 amide bonds. The maximum Gasteiger partial charge on any atom is 0.311 e. The van der Waals surface area contributed by atoms with E-state index in [1.165, 1.54) is 58.8 Å². The number of aliphatic hydroxyl groups is 2. The summed E-state index contributed by atoms with van der Waals surface area (Å²) in [7, 11) is 4.85. The Hall–Kier alpha value is -4.12. The number of aromatic hydroxyl groups is 1. The summed E-state index contributed by atoms with van der Waals surface area (Å²) in [6.07, 6.45) is 18.8. The first kappa shape index (κ1) is 49.8. The average Bonchev–Trinajstić information content (AvgIpc) is 3.43. The van der Waals surface area contributed by atoms with Gasteiger partial charge >= 0.3 is 11.9 Å². The van der Waals surface area contributed by atoms with Crippen molar-refractivity contribution in [2.75, 3.05) is 21.3 Å². The van der Waals surface area contributed by atoms with Crippen molar-refractivity contribution < 1.29 is 48.6 Å². The molecule has 0 radical (unpaired) electrons. The molecule has 11 atom stereocenters. The van der Waals surface area contributed by atoms with Crippen molar-refractivity contribution in [3.8, 4) is 23.0 Å². The minimum Gasteiger partial charge on any atom is -0.504 e. The highest BCUT2D eigenvalue weighted by molar-refractivity contribution is 5.79. The second-order valence-electron chi connectivity index (χ2n) is 22.5. The standard InChI is InChI=1S/C56H78O10/c1-52(2)46-25-28-54(5)34-37-15-21-45-53(3,4)49(27-29-55(45,6)40(37)18-22-47(54)56(46,7)30-26-48(52)64-10)66-51(61)24-23-50(60)65-42-20-14-36(32-44(42)63-9)12-17-39(58)33-38(57)16-11-35-13-19-41(59)43(31-35)62-8/h11-17,19-20,31-32,38-40,45-49,57-59H,18,21-30,33-34H2,1-10H3/b16-11+,17-12+/t38?,39?,40-,45-,46-,47+,48-,49-,54+,55+,56-/m1/s1. The fraction of sp³-hybridized carbons (Fsp3) is 0.643. The molecule has 7 rings (SSSR count). The van der Waals surface area contributed by atoms with E-state index >= 15 is 0 Å². The molecule has 5 aliphatic carbocycles. The van der Waals surface area contributed by atoms with E-state index in [4.69, 9.17) is 23.7 Å². The van der Waals surface area contributed by atoms with Gasteiger partial charge in [-0.15, -0.1) is 0 Å². The lowest BCUT2D eigenvalue weighted by atomic mass is 9.42. The SMILES string of the molecule is COc1cc(/C=C/C(O)CC(O)/C=C/c2ccc(OC(=O)CCC(=O)O[C@@H]3CC[C@@]4(C)[C@@H]5CC[C@H]6[C@@](C)(CC[C@@H]7C(C)(C)[C@H](OC)CC[C@]76C)CC5=CC[C@@H]4C3(C)C)c(OC)c2)ccc1O. The Bertz CT molecular complexity index is 2170. The van der Waals surface area contributed by atoms with Gasteiger partial charge in [0.2, 0.25) is 0 Å². The van der Waals surface area contributed by atoms with Crippen LogP contribution in [0.15, 0.2) is 60.2 Å². The molecule has 3 N–H and O–H groups in total. The number of benzene rings is 2. The zero-order valence-electron chi connectivity index (χ0n) is 41.4. The number of carbonyl (C=O) groups excluding carboxylic acids is 2. The second kappa shape index (κ2) is 19.5. The van der Waals surface area contributed by atoms with Gasteiger partial charge in [-0.3, -0.25) is 9.59 Å². The molecule has 4 saturated carbocycles. The van der Waals surface area contributed by atoms with E-state index in [-0.39, 0.29) is 59.1 Å². The van der Waals surface area contributed by atoms with Crippen LogP contribution in [0.1, 0.15) is 143 Å². The van der Waals surface area contributed by atoms with E-state index in [2.05, 4.69) is 54.5 Å². The monoisotopic (exact) mass is 911 g/mol. The van der Waals surface area contributed by atoms with Crippen molar-refractivity contribution in [1.82, 2.24) is 0 Å². The number of fused-ring (bicyclic) bond motifs is 6. The first-order valence-electron chi connectivity index (χ1n) is 24.6.